The highest BCUT2D eigenvalue weighted by molar-refractivity contribution is 5.92. The van der Waals surface area contributed by atoms with Crippen molar-refractivity contribution in [3.8, 4) is 5.69 Å². The van der Waals surface area contributed by atoms with Gasteiger partial charge >= 0.3 is 5.97 Å². The fraction of sp³-hybridized carbons (Fsp3) is 0.261. The molecule has 0 spiro atoms. The molecule has 1 aromatic heterocycles. The van der Waals surface area contributed by atoms with Gasteiger partial charge in [-0.1, -0.05) is 36.8 Å². The second kappa shape index (κ2) is 8.49. The predicted octanol–water partition coefficient (Wildman–Crippen LogP) is 3.66. The van der Waals surface area contributed by atoms with Crippen LogP contribution in [0.25, 0.3) is 5.69 Å². The number of fused-ring (bicyclic) bond motifs is 1. The molecule has 3 aromatic rings. The van der Waals surface area contributed by atoms with Crippen LogP contribution in [0, 0.1) is 5.82 Å². The Morgan fingerprint density at radius 1 is 1.00 bits per heavy atom. The summed E-state index contributed by atoms with van der Waals surface area (Å²) in [4.78, 5) is 25.0. The average molecular weight is 407 g/mol. The van der Waals surface area contributed by atoms with Crippen molar-refractivity contribution in [2.45, 2.75) is 38.2 Å². The Morgan fingerprint density at radius 2 is 1.70 bits per heavy atom. The molecule has 30 heavy (non-hydrogen) atoms. The predicted molar refractivity (Wildman–Crippen MR) is 109 cm³/mol. The maximum Gasteiger partial charge on any atom is 0.360 e. The zero-order valence-corrected chi connectivity index (χ0v) is 16.4. The fourth-order valence-corrected chi connectivity index (χ4v) is 3.82. The molecule has 0 unspecified atom stereocenters. The summed E-state index contributed by atoms with van der Waals surface area (Å²) in [6, 6.07) is 14.6. The summed E-state index contributed by atoms with van der Waals surface area (Å²) >= 11 is 0. The number of carbonyl (C=O) groups is 2. The number of primary amides is 1. The molecule has 0 bridgehead atoms. The normalized spacial score (nSPS) is 14.4. The third-order valence-corrected chi connectivity index (χ3v) is 5.28. The smallest absolute Gasteiger partial charge is 0.360 e. The van der Waals surface area contributed by atoms with Crippen molar-refractivity contribution in [3.63, 3.8) is 0 Å². The fourth-order valence-electron chi connectivity index (χ4n) is 3.82. The monoisotopic (exact) mass is 407 g/mol. The van der Waals surface area contributed by atoms with Crippen LogP contribution in [-0.4, -0.2) is 21.7 Å². The quantitative estimate of drug-likeness (QED) is 0.516. The van der Waals surface area contributed by atoms with E-state index in [4.69, 9.17) is 10.5 Å². The molecule has 6 nitrogen and oxygen atoms in total. The molecule has 1 atom stereocenters. The van der Waals surface area contributed by atoms with E-state index in [9.17, 15) is 14.0 Å². The van der Waals surface area contributed by atoms with Gasteiger partial charge < -0.3 is 10.5 Å². The number of rotatable bonds is 5. The van der Waals surface area contributed by atoms with E-state index in [1.807, 2.05) is 0 Å². The van der Waals surface area contributed by atoms with Gasteiger partial charge in [-0.05, 0) is 49.9 Å². The van der Waals surface area contributed by atoms with Gasteiger partial charge in [0.25, 0.3) is 5.91 Å². The molecule has 0 aliphatic heterocycles. The van der Waals surface area contributed by atoms with Gasteiger partial charge in [-0.15, -0.1) is 0 Å². The lowest BCUT2D eigenvalue weighted by Gasteiger charge is -2.14. The van der Waals surface area contributed by atoms with Crippen LogP contribution >= 0.6 is 0 Å². The molecule has 154 valence electrons. The molecule has 1 aliphatic rings. The molecule has 1 aliphatic carbocycles. The summed E-state index contributed by atoms with van der Waals surface area (Å²) in [5, 5.41) is 4.51. The van der Waals surface area contributed by atoms with Crippen LogP contribution in [0.2, 0.25) is 0 Å². The maximum absolute atomic E-state index is 13.4. The van der Waals surface area contributed by atoms with E-state index in [2.05, 4.69) is 5.10 Å². The number of hydrogen-bond donors (Lipinski definition) is 1. The Kier molecular flexibility index (Phi) is 5.61. The Bertz CT molecular complexity index is 1060. The molecule has 2 N–H and O–H groups in total. The van der Waals surface area contributed by atoms with E-state index in [1.54, 1.807) is 47.1 Å². The molecule has 2 aromatic carbocycles. The van der Waals surface area contributed by atoms with Crippen molar-refractivity contribution in [2.75, 3.05) is 0 Å². The van der Waals surface area contributed by atoms with Crippen LogP contribution in [-0.2, 0) is 22.4 Å². The SMILES string of the molecule is NC(=O)[C@H](OC(=O)c1nn(-c2ccc(F)cc2)c2c1CCCCC2)c1ccccc1. The molecular weight excluding hydrogens is 385 g/mol. The van der Waals surface area contributed by atoms with Crippen LogP contribution in [0.3, 0.4) is 0 Å². The van der Waals surface area contributed by atoms with Gasteiger partial charge in [0.05, 0.1) is 5.69 Å². The van der Waals surface area contributed by atoms with E-state index < -0.39 is 18.0 Å². The van der Waals surface area contributed by atoms with Crippen molar-refractivity contribution >= 4 is 11.9 Å². The lowest BCUT2D eigenvalue weighted by molar-refractivity contribution is -0.127. The van der Waals surface area contributed by atoms with Gasteiger partial charge in [-0.3, -0.25) is 4.79 Å². The van der Waals surface area contributed by atoms with Crippen molar-refractivity contribution in [2.24, 2.45) is 5.73 Å². The highest BCUT2D eigenvalue weighted by Crippen LogP contribution is 2.28. The molecule has 0 radical (unpaired) electrons. The third-order valence-electron chi connectivity index (χ3n) is 5.28. The molecule has 1 amide bonds. The summed E-state index contributed by atoms with van der Waals surface area (Å²) in [7, 11) is 0. The molecule has 4 rings (SSSR count). The number of aromatic nitrogens is 2. The number of carbonyl (C=O) groups excluding carboxylic acids is 2. The molecular formula is C23H22FN3O3. The zero-order valence-electron chi connectivity index (χ0n) is 16.4. The summed E-state index contributed by atoms with van der Waals surface area (Å²) in [5.74, 6) is -1.79. The van der Waals surface area contributed by atoms with Crippen molar-refractivity contribution in [1.29, 1.82) is 0 Å². The Morgan fingerprint density at radius 3 is 2.40 bits per heavy atom. The minimum absolute atomic E-state index is 0.179. The number of amides is 1. The zero-order chi connectivity index (χ0) is 21.1. The van der Waals surface area contributed by atoms with Crippen molar-refractivity contribution in [3.05, 3.63) is 82.9 Å². The lowest BCUT2D eigenvalue weighted by atomic mass is 10.1. The minimum atomic E-state index is -1.20. The lowest BCUT2D eigenvalue weighted by Crippen LogP contribution is -2.26. The molecule has 1 heterocycles. The highest BCUT2D eigenvalue weighted by atomic mass is 19.1. The van der Waals surface area contributed by atoms with Gasteiger partial charge in [-0.25, -0.2) is 13.9 Å². The Hall–Kier alpha value is -3.48. The largest absolute Gasteiger partial charge is 0.443 e. The first-order valence-electron chi connectivity index (χ1n) is 9.96. The first-order chi connectivity index (χ1) is 14.5. The second-order valence-corrected chi connectivity index (χ2v) is 7.32. The summed E-state index contributed by atoms with van der Waals surface area (Å²) < 4.78 is 20.6. The standard InChI is InChI=1S/C23H22FN3O3/c24-16-11-13-17(14-12-16)27-19-10-6-2-5-9-18(19)20(26-27)23(29)30-21(22(25)28)15-7-3-1-4-8-15/h1,3-4,7-8,11-14,21H,2,5-6,9-10H2,(H2,25,28)/t21-/m1/s1. The topological polar surface area (TPSA) is 87.2 Å². The molecule has 0 fully saturated rings. The van der Waals surface area contributed by atoms with Crippen LogP contribution in [0.15, 0.2) is 54.6 Å². The van der Waals surface area contributed by atoms with Gasteiger partial charge in [0.2, 0.25) is 6.10 Å². The maximum atomic E-state index is 13.4. The van der Waals surface area contributed by atoms with Gasteiger partial charge in [0, 0.05) is 16.8 Å². The number of benzene rings is 2. The number of halogens is 1. The number of nitrogens with zero attached hydrogens (tertiary/aromatic N) is 2. The molecule has 0 saturated heterocycles. The van der Waals surface area contributed by atoms with Crippen molar-refractivity contribution in [1.82, 2.24) is 9.78 Å². The average Bonchev–Trinajstić information content (AvgIpc) is 2.94. The molecule has 7 heteroatoms. The van der Waals surface area contributed by atoms with Crippen LogP contribution < -0.4 is 5.73 Å². The number of nitrogens with two attached hydrogens (primary N) is 1. The van der Waals surface area contributed by atoms with E-state index in [1.165, 1.54) is 12.1 Å². The third kappa shape index (κ3) is 3.96. The van der Waals surface area contributed by atoms with Gasteiger partial charge in [-0.2, -0.15) is 5.10 Å². The van der Waals surface area contributed by atoms with Gasteiger partial charge in [0.15, 0.2) is 5.69 Å². The summed E-state index contributed by atoms with van der Waals surface area (Å²) in [5.41, 5.74) is 8.58. The Balaban J connectivity index is 1.72. The summed E-state index contributed by atoms with van der Waals surface area (Å²) in [6.45, 7) is 0. The van der Waals surface area contributed by atoms with Gasteiger partial charge in [0.1, 0.15) is 5.82 Å². The van der Waals surface area contributed by atoms with E-state index in [0.29, 0.717) is 17.7 Å². The summed E-state index contributed by atoms with van der Waals surface area (Å²) in [6.07, 6.45) is 3.19. The van der Waals surface area contributed by atoms with E-state index in [0.717, 1.165) is 36.9 Å². The van der Waals surface area contributed by atoms with E-state index in [-0.39, 0.29) is 11.5 Å². The second-order valence-electron chi connectivity index (χ2n) is 7.32. The van der Waals surface area contributed by atoms with Crippen LogP contribution in [0.1, 0.15) is 52.7 Å². The van der Waals surface area contributed by atoms with Crippen LogP contribution in [0.5, 0.6) is 0 Å². The van der Waals surface area contributed by atoms with Crippen molar-refractivity contribution < 1.29 is 18.7 Å². The van der Waals surface area contributed by atoms with E-state index >= 15 is 0 Å². The highest BCUT2D eigenvalue weighted by Gasteiger charge is 2.29. The Labute approximate surface area is 173 Å². The minimum Gasteiger partial charge on any atom is -0.443 e. The van der Waals surface area contributed by atoms with Crippen LogP contribution in [0.4, 0.5) is 4.39 Å². The number of hydrogen-bond acceptors (Lipinski definition) is 4. The molecule has 0 saturated carbocycles. The number of ether oxygens (including phenoxy) is 1. The first-order valence-corrected chi connectivity index (χ1v) is 9.96. The first kappa shape index (κ1) is 19.8. The number of esters is 1.